The monoisotopic (exact) mass is 297 g/mol. The molecule has 0 aliphatic carbocycles. The minimum atomic E-state index is -1.04. The van der Waals surface area contributed by atoms with E-state index in [2.05, 4.69) is 5.32 Å². The van der Waals surface area contributed by atoms with Crippen LogP contribution in [0, 0.1) is 0 Å². The Labute approximate surface area is 122 Å². The number of rotatable bonds is 10. The van der Waals surface area contributed by atoms with Crippen LogP contribution in [-0.2, 0) is 19.1 Å². The van der Waals surface area contributed by atoms with Gasteiger partial charge < -0.3 is 24.6 Å². The fourth-order valence-electron chi connectivity index (χ4n) is 1.40. The van der Waals surface area contributed by atoms with Crippen molar-refractivity contribution in [1.29, 1.82) is 0 Å². The highest BCUT2D eigenvalue weighted by atomic mass is 16.5. The van der Waals surface area contributed by atoms with Crippen molar-refractivity contribution >= 4 is 17.6 Å². The number of nitrogens with one attached hydrogen (secondary N) is 1. The molecule has 0 fully saturated rings. The predicted octanol–water partition coefficient (Wildman–Crippen LogP) is 1.14. The average Bonchev–Trinajstić information content (AvgIpc) is 2.46. The van der Waals surface area contributed by atoms with Gasteiger partial charge in [0.1, 0.15) is 12.4 Å². The lowest BCUT2D eigenvalue weighted by Gasteiger charge is -2.08. The molecule has 7 nitrogen and oxygen atoms in total. The molecular formula is C14H19NO6. The molecule has 0 saturated heterocycles. The average molecular weight is 297 g/mol. The smallest absolute Gasteiger partial charge is 0.341 e. The van der Waals surface area contributed by atoms with Gasteiger partial charge in [0.2, 0.25) is 5.91 Å². The molecule has 0 bridgehead atoms. The van der Waals surface area contributed by atoms with E-state index in [0.29, 0.717) is 31.3 Å². The third kappa shape index (κ3) is 7.91. The summed E-state index contributed by atoms with van der Waals surface area (Å²) in [6.07, 6.45) is 0. The van der Waals surface area contributed by atoms with Crippen molar-refractivity contribution in [1.82, 2.24) is 0 Å². The van der Waals surface area contributed by atoms with Crippen LogP contribution in [0.5, 0.6) is 5.75 Å². The molecule has 0 aliphatic rings. The van der Waals surface area contributed by atoms with E-state index in [1.165, 1.54) is 0 Å². The third-order valence-electron chi connectivity index (χ3n) is 2.31. The molecule has 0 heterocycles. The first-order chi connectivity index (χ1) is 10.1. The van der Waals surface area contributed by atoms with Gasteiger partial charge in [-0.3, -0.25) is 4.79 Å². The van der Waals surface area contributed by atoms with Crippen molar-refractivity contribution in [2.24, 2.45) is 0 Å². The minimum Gasteiger partial charge on any atom is -0.482 e. The van der Waals surface area contributed by atoms with Gasteiger partial charge in [-0.15, -0.1) is 0 Å². The van der Waals surface area contributed by atoms with E-state index in [0.717, 1.165) is 0 Å². The second-order valence-electron chi connectivity index (χ2n) is 4.00. The summed E-state index contributed by atoms with van der Waals surface area (Å²) >= 11 is 0. The number of carboxylic acid groups (broad SMARTS) is 1. The Morgan fingerprint density at radius 3 is 2.38 bits per heavy atom. The number of benzene rings is 1. The Kier molecular flexibility index (Phi) is 7.85. The Bertz CT molecular complexity index is 445. The summed E-state index contributed by atoms with van der Waals surface area (Å²) < 4.78 is 15.2. The Balaban J connectivity index is 2.27. The van der Waals surface area contributed by atoms with Gasteiger partial charge in [0.25, 0.3) is 0 Å². The fourth-order valence-corrected chi connectivity index (χ4v) is 1.40. The van der Waals surface area contributed by atoms with Gasteiger partial charge in [-0.25, -0.2) is 4.79 Å². The molecule has 0 radical (unpaired) electrons. The van der Waals surface area contributed by atoms with E-state index in [1.807, 2.05) is 6.92 Å². The number of aliphatic carboxylic acids is 1. The van der Waals surface area contributed by atoms with Crippen LogP contribution in [-0.4, -0.2) is 50.0 Å². The van der Waals surface area contributed by atoms with Gasteiger partial charge >= 0.3 is 5.97 Å². The SMILES string of the molecule is CCOCCOCC(=O)Nc1ccc(OCC(=O)O)cc1. The summed E-state index contributed by atoms with van der Waals surface area (Å²) in [5, 5.41) is 11.1. The normalized spacial score (nSPS) is 10.1. The van der Waals surface area contributed by atoms with Crippen LogP contribution in [0.15, 0.2) is 24.3 Å². The molecule has 0 aromatic heterocycles. The van der Waals surface area contributed by atoms with Gasteiger partial charge in [-0.05, 0) is 31.2 Å². The van der Waals surface area contributed by atoms with Crippen LogP contribution in [0.2, 0.25) is 0 Å². The Morgan fingerprint density at radius 1 is 1.10 bits per heavy atom. The maximum atomic E-state index is 11.6. The number of amides is 1. The molecule has 0 saturated carbocycles. The number of ether oxygens (including phenoxy) is 3. The molecule has 1 aromatic rings. The summed E-state index contributed by atoms with van der Waals surface area (Å²) in [6, 6.07) is 6.40. The van der Waals surface area contributed by atoms with Crippen molar-refractivity contribution in [3.8, 4) is 5.75 Å². The lowest BCUT2D eigenvalue weighted by atomic mass is 10.3. The summed E-state index contributed by atoms with van der Waals surface area (Å²) in [7, 11) is 0. The molecule has 1 amide bonds. The summed E-state index contributed by atoms with van der Waals surface area (Å²) in [4.78, 5) is 21.9. The molecule has 0 aliphatic heterocycles. The highest BCUT2D eigenvalue weighted by Crippen LogP contribution is 2.15. The van der Waals surface area contributed by atoms with E-state index in [-0.39, 0.29) is 12.5 Å². The summed E-state index contributed by atoms with van der Waals surface area (Å²) in [6.45, 7) is 2.87. The van der Waals surface area contributed by atoms with Crippen molar-refractivity contribution in [3.63, 3.8) is 0 Å². The first-order valence-corrected chi connectivity index (χ1v) is 6.51. The molecule has 0 atom stereocenters. The van der Waals surface area contributed by atoms with Crippen molar-refractivity contribution < 1.29 is 28.9 Å². The first kappa shape index (κ1) is 16.9. The Hall–Kier alpha value is -2.12. The zero-order valence-electron chi connectivity index (χ0n) is 11.8. The van der Waals surface area contributed by atoms with Crippen LogP contribution in [0.4, 0.5) is 5.69 Å². The summed E-state index contributed by atoms with van der Waals surface area (Å²) in [5.41, 5.74) is 0.580. The molecule has 0 spiro atoms. The minimum absolute atomic E-state index is 0.0513. The van der Waals surface area contributed by atoms with Crippen LogP contribution in [0.3, 0.4) is 0 Å². The largest absolute Gasteiger partial charge is 0.482 e. The van der Waals surface area contributed by atoms with Gasteiger partial charge in [-0.2, -0.15) is 0 Å². The van der Waals surface area contributed by atoms with Crippen LogP contribution >= 0.6 is 0 Å². The van der Waals surface area contributed by atoms with Crippen molar-refractivity contribution in [2.75, 3.05) is 38.4 Å². The molecule has 21 heavy (non-hydrogen) atoms. The highest BCUT2D eigenvalue weighted by molar-refractivity contribution is 5.91. The number of carbonyl (C=O) groups excluding carboxylic acids is 1. The molecular weight excluding hydrogens is 278 g/mol. The second-order valence-corrected chi connectivity index (χ2v) is 4.00. The lowest BCUT2D eigenvalue weighted by Crippen LogP contribution is -2.19. The first-order valence-electron chi connectivity index (χ1n) is 6.51. The fraction of sp³-hybridized carbons (Fsp3) is 0.429. The number of hydrogen-bond acceptors (Lipinski definition) is 5. The van der Waals surface area contributed by atoms with E-state index in [4.69, 9.17) is 19.3 Å². The number of hydrogen-bond donors (Lipinski definition) is 2. The van der Waals surface area contributed by atoms with Gasteiger partial charge in [0, 0.05) is 12.3 Å². The molecule has 116 valence electrons. The topological polar surface area (TPSA) is 94.1 Å². The molecule has 2 N–H and O–H groups in total. The lowest BCUT2D eigenvalue weighted by molar-refractivity contribution is -0.139. The van der Waals surface area contributed by atoms with Crippen LogP contribution in [0.1, 0.15) is 6.92 Å². The second kappa shape index (κ2) is 9.73. The quantitative estimate of drug-likeness (QED) is 0.629. The maximum absolute atomic E-state index is 11.6. The zero-order chi connectivity index (χ0) is 15.5. The van der Waals surface area contributed by atoms with Gasteiger partial charge in [-0.1, -0.05) is 0 Å². The van der Waals surface area contributed by atoms with E-state index >= 15 is 0 Å². The highest BCUT2D eigenvalue weighted by Gasteiger charge is 2.03. The number of carbonyl (C=O) groups is 2. The van der Waals surface area contributed by atoms with Crippen LogP contribution < -0.4 is 10.1 Å². The van der Waals surface area contributed by atoms with Crippen molar-refractivity contribution in [3.05, 3.63) is 24.3 Å². The van der Waals surface area contributed by atoms with E-state index in [9.17, 15) is 9.59 Å². The molecule has 0 unspecified atom stereocenters. The molecule has 7 heteroatoms. The van der Waals surface area contributed by atoms with E-state index in [1.54, 1.807) is 24.3 Å². The maximum Gasteiger partial charge on any atom is 0.341 e. The van der Waals surface area contributed by atoms with Crippen molar-refractivity contribution in [2.45, 2.75) is 6.92 Å². The van der Waals surface area contributed by atoms with Gasteiger partial charge in [0.15, 0.2) is 6.61 Å². The molecule has 1 aromatic carbocycles. The summed E-state index contributed by atoms with van der Waals surface area (Å²) in [5.74, 6) is -0.898. The zero-order valence-corrected chi connectivity index (χ0v) is 11.8. The van der Waals surface area contributed by atoms with Gasteiger partial charge in [0.05, 0.1) is 13.2 Å². The van der Waals surface area contributed by atoms with Crippen LogP contribution in [0.25, 0.3) is 0 Å². The predicted molar refractivity (Wildman–Crippen MR) is 75.5 cm³/mol. The molecule has 1 rings (SSSR count). The number of carboxylic acids is 1. The van der Waals surface area contributed by atoms with E-state index < -0.39 is 12.6 Å². The standard InChI is InChI=1S/C14H19NO6/c1-2-19-7-8-20-9-13(16)15-11-3-5-12(6-4-11)21-10-14(17)18/h3-6H,2,7-10H2,1H3,(H,15,16)(H,17,18). The third-order valence-corrected chi connectivity index (χ3v) is 2.31. The Morgan fingerprint density at radius 2 is 1.76 bits per heavy atom. The number of anilines is 1.